The predicted octanol–water partition coefficient (Wildman–Crippen LogP) is 1.83. The normalized spacial score (nSPS) is 13.3. The van der Waals surface area contributed by atoms with E-state index < -0.39 is 6.04 Å². The van der Waals surface area contributed by atoms with E-state index in [0.717, 1.165) is 19.3 Å². The maximum atomic E-state index is 11.6. The zero-order valence-electron chi connectivity index (χ0n) is 10.2. The Balaban J connectivity index is 3.70. The molecule has 0 aliphatic rings. The molecular formula is C12H24N2O. The SMILES string of the molecule is C=CCCCCNC(=O)[C@@H](N)C(C)(C)C. The molecule has 0 aliphatic heterocycles. The van der Waals surface area contributed by atoms with Gasteiger partial charge in [0.2, 0.25) is 5.91 Å². The molecule has 0 aromatic heterocycles. The van der Waals surface area contributed by atoms with Crippen LogP contribution in [0.2, 0.25) is 0 Å². The van der Waals surface area contributed by atoms with Crippen molar-refractivity contribution in [2.24, 2.45) is 11.1 Å². The number of amides is 1. The Kier molecular flexibility index (Phi) is 6.25. The van der Waals surface area contributed by atoms with E-state index in [0.29, 0.717) is 6.54 Å². The Hall–Kier alpha value is -0.830. The highest BCUT2D eigenvalue weighted by Crippen LogP contribution is 2.17. The lowest BCUT2D eigenvalue weighted by atomic mass is 9.87. The second-order valence-electron chi connectivity index (χ2n) is 4.92. The topological polar surface area (TPSA) is 55.1 Å². The van der Waals surface area contributed by atoms with Crippen LogP contribution in [0.15, 0.2) is 12.7 Å². The van der Waals surface area contributed by atoms with E-state index in [1.807, 2.05) is 26.8 Å². The van der Waals surface area contributed by atoms with E-state index in [9.17, 15) is 4.79 Å². The summed E-state index contributed by atoms with van der Waals surface area (Å²) in [6.45, 7) is 10.3. The first kappa shape index (κ1) is 14.2. The van der Waals surface area contributed by atoms with E-state index >= 15 is 0 Å². The van der Waals surface area contributed by atoms with E-state index in [1.165, 1.54) is 0 Å². The number of carbonyl (C=O) groups excluding carboxylic acids is 1. The number of nitrogens with one attached hydrogen (secondary N) is 1. The molecule has 1 atom stereocenters. The van der Waals surface area contributed by atoms with Crippen LogP contribution in [0.3, 0.4) is 0 Å². The predicted molar refractivity (Wildman–Crippen MR) is 64.5 cm³/mol. The maximum Gasteiger partial charge on any atom is 0.237 e. The number of carbonyl (C=O) groups is 1. The zero-order valence-corrected chi connectivity index (χ0v) is 10.2. The van der Waals surface area contributed by atoms with Gasteiger partial charge in [0.05, 0.1) is 6.04 Å². The van der Waals surface area contributed by atoms with Crippen molar-refractivity contribution in [2.75, 3.05) is 6.54 Å². The van der Waals surface area contributed by atoms with Gasteiger partial charge < -0.3 is 11.1 Å². The lowest BCUT2D eigenvalue weighted by Crippen LogP contribution is -2.48. The molecule has 0 aliphatic carbocycles. The van der Waals surface area contributed by atoms with Crippen molar-refractivity contribution in [2.45, 2.75) is 46.1 Å². The standard InChI is InChI=1S/C12H24N2O/c1-5-6-7-8-9-14-11(15)10(13)12(2,3)4/h5,10H,1,6-9,13H2,2-4H3,(H,14,15)/t10-/m1/s1. The number of hydrogen-bond acceptors (Lipinski definition) is 2. The van der Waals surface area contributed by atoms with Crippen molar-refractivity contribution in [1.82, 2.24) is 5.32 Å². The van der Waals surface area contributed by atoms with Crippen LogP contribution in [-0.2, 0) is 4.79 Å². The third-order valence-electron chi connectivity index (χ3n) is 2.35. The van der Waals surface area contributed by atoms with Crippen LogP contribution >= 0.6 is 0 Å². The first-order valence-corrected chi connectivity index (χ1v) is 5.53. The minimum atomic E-state index is -0.433. The van der Waals surface area contributed by atoms with Gasteiger partial charge in [-0.3, -0.25) is 4.79 Å². The Morgan fingerprint density at radius 3 is 2.53 bits per heavy atom. The summed E-state index contributed by atoms with van der Waals surface area (Å²) in [5, 5.41) is 2.85. The van der Waals surface area contributed by atoms with Crippen LogP contribution < -0.4 is 11.1 Å². The Bertz CT molecular complexity index is 206. The summed E-state index contributed by atoms with van der Waals surface area (Å²) in [6.07, 6.45) is 4.94. The molecule has 0 saturated heterocycles. The molecule has 0 spiro atoms. The molecule has 1 amide bonds. The van der Waals surface area contributed by atoms with E-state index in [-0.39, 0.29) is 11.3 Å². The highest BCUT2D eigenvalue weighted by Gasteiger charge is 2.26. The third kappa shape index (κ3) is 6.28. The Morgan fingerprint density at radius 2 is 2.07 bits per heavy atom. The second kappa shape index (κ2) is 6.62. The first-order chi connectivity index (χ1) is 6.89. The molecule has 0 rings (SSSR count). The fourth-order valence-electron chi connectivity index (χ4n) is 1.13. The lowest BCUT2D eigenvalue weighted by Gasteiger charge is -2.25. The van der Waals surface area contributed by atoms with E-state index in [4.69, 9.17) is 5.73 Å². The summed E-state index contributed by atoms with van der Waals surface area (Å²) < 4.78 is 0. The number of rotatable bonds is 6. The van der Waals surface area contributed by atoms with Gasteiger partial charge in [0.15, 0.2) is 0 Å². The van der Waals surface area contributed by atoms with Crippen LogP contribution in [0, 0.1) is 5.41 Å². The van der Waals surface area contributed by atoms with Crippen LogP contribution in [-0.4, -0.2) is 18.5 Å². The van der Waals surface area contributed by atoms with Crippen molar-refractivity contribution in [1.29, 1.82) is 0 Å². The summed E-state index contributed by atoms with van der Waals surface area (Å²) in [6, 6.07) is -0.433. The van der Waals surface area contributed by atoms with Gasteiger partial charge in [-0.1, -0.05) is 26.8 Å². The summed E-state index contributed by atoms with van der Waals surface area (Å²) >= 11 is 0. The molecule has 0 fully saturated rings. The summed E-state index contributed by atoms with van der Waals surface area (Å²) in [5.74, 6) is -0.0545. The second-order valence-corrected chi connectivity index (χ2v) is 4.92. The smallest absolute Gasteiger partial charge is 0.237 e. The fourth-order valence-corrected chi connectivity index (χ4v) is 1.13. The zero-order chi connectivity index (χ0) is 11.9. The largest absolute Gasteiger partial charge is 0.355 e. The quantitative estimate of drug-likeness (QED) is 0.521. The van der Waals surface area contributed by atoms with Crippen molar-refractivity contribution in [3.05, 3.63) is 12.7 Å². The molecule has 3 heteroatoms. The van der Waals surface area contributed by atoms with E-state index in [1.54, 1.807) is 0 Å². The minimum Gasteiger partial charge on any atom is -0.355 e. The fraction of sp³-hybridized carbons (Fsp3) is 0.750. The van der Waals surface area contributed by atoms with Crippen LogP contribution in [0.4, 0.5) is 0 Å². The van der Waals surface area contributed by atoms with Crippen molar-refractivity contribution in [3.63, 3.8) is 0 Å². The molecule has 0 radical (unpaired) electrons. The molecular weight excluding hydrogens is 188 g/mol. The average molecular weight is 212 g/mol. The number of unbranched alkanes of at least 4 members (excludes halogenated alkanes) is 2. The van der Waals surface area contributed by atoms with Crippen LogP contribution in [0.25, 0.3) is 0 Å². The van der Waals surface area contributed by atoms with Gasteiger partial charge in [-0.15, -0.1) is 6.58 Å². The summed E-state index contributed by atoms with van der Waals surface area (Å²) in [5.41, 5.74) is 5.63. The highest BCUT2D eigenvalue weighted by molar-refractivity contribution is 5.82. The van der Waals surface area contributed by atoms with Gasteiger partial charge in [-0.2, -0.15) is 0 Å². The third-order valence-corrected chi connectivity index (χ3v) is 2.35. The van der Waals surface area contributed by atoms with E-state index in [2.05, 4.69) is 11.9 Å². The average Bonchev–Trinajstić information content (AvgIpc) is 2.14. The number of nitrogens with two attached hydrogens (primary N) is 1. The van der Waals surface area contributed by atoms with Gasteiger partial charge in [-0.05, 0) is 24.7 Å². The van der Waals surface area contributed by atoms with Gasteiger partial charge in [0.25, 0.3) is 0 Å². The Morgan fingerprint density at radius 1 is 1.47 bits per heavy atom. The molecule has 88 valence electrons. The van der Waals surface area contributed by atoms with Crippen LogP contribution in [0.1, 0.15) is 40.0 Å². The lowest BCUT2D eigenvalue weighted by molar-refractivity contribution is -0.124. The van der Waals surface area contributed by atoms with Gasteiger partial charge in [0.1, 0.15) is 0 Å². The molecule has 0 aromatic carbocycles. The molecule has 0 heterocycles. The maximum absolute atomic E-state index is 11.6. The van der Waals surface area contributed by atoms with Gasteiger partial charge >= 0.3 is 0 Å². The Labute approximate surface area is 93.1 Å². The highest BCUT2D eigenvalue weighted by atomic mass is 16.2. The summed E-state index contributed by atoms with van der Waals surface area (Å²) in [7, 11) is 0. The van der Waals surface area contributed by atoms with Crippen molar-refractivity contribution >= 4 is 5.91 Å². The number of hydrogen-bond donors (Lipinski definition) is 2. The van der Waals surface area contributed by atoms with Crippen molar-refractivity contribution in [3.8, 4) is 0 Å². The van der Waals surface area contributed by atoms with Gasteiger partial charge in [-0.25, -0.2) is 0 Å². The number of allylic oxidation sites excluding steroid dienone is 1. The van der Waals surface area contributed by atoms with Gasteiger partial charge in [0, 0.05) is 6.54 Å². The molecule has 0 aromatic rings. The summed E-state index contributed by atoms with van der Waals surface area (Å²) in [4.78, 5) is 11.6. The molecule has 0 unspecified atom stereocenters. The molecule has 0 saturated carbocycles. The molecule has 3 nitrogen and oxygen atoms in total. The molecule has 0 bridgehead atoms. The first-order valence-electron chi connectivity index (χ1n) is 5.53. The molecule has 3 N–H and O–H groups in total. The van der Waals surface area contributed by atoms with Crippen molar-refractivity contribution < 1.29 is 4.79 Å². The monoisotopic (exact) mass is 212 g/mol. The van der Waals surface area contributed by atoms with Crippen LogP contribution in [0.5, 0.6) is 0 Å². The minimum absolute atomic E-state index is 0.0545. The molecule has 15 heavy (non-hydrogen) atoms.